The van der Waals surface area contributed by atoms with Crippen LogP contribution in [-0.2, 0) is 23.8 Å². The topological polar surface area (TPSA) is 61.8 Å². The van der Waals surface area contributed by atoms with Crippen LogP contribution < -0.4 is 0 Å². The van der Waals surface area contributed by atoms with Crippen molar-refractivity contribution in [2.75, 3.05) is 14.2 Å². The molecule has 0 spiro atoms. The molecule has 0 amide bonds. The molecule has 6 fully saturated rings. The maximum Gasteiger partial charge on any atom is 0.338 e. The fourth-order valence-corrected chi connectivity index (χ4v) is 8.99. The van der Waals surface area contributed by atoms with Crippen LogP contribution in [-0.4, -0.2) is 37.4 Å². The van der Waals surface area contributed by atoms with Gasteiger partial charge in [0.2, 0.25) is 0 Å². The van der Waals surface area contributed by atoms with Crippen molar-refractivity contribution in [3.05, 3.63) is 0 Å². The summed E-state index contributed by atoms with van der Waals surface area (Å²) in [7, 11) is 2.95. The summed E-state index contributed by atoms with van der Waals surface area (Å²) in [6, 6.07) is 0. The van der Waals surface area contributed by atoms with Gasteiger partial charge in [0.25, 0.3) is 0 Å². The molecule has 0 N–H and O–H groups in total. The fourth-order valence-electron chi connectivity index (χ4n) is 8.99. The predicted octanol–water partition coefficient (Wildman–Crippen LogP) is 2.18. The Morgan fingerprint density at radius 3 is 1.32 bits per heavy atom. The van der Waals surface area contributed by atoms with E-state index in [9.17, 15) is 9.59 Å². The summed E-state index contributed by atoms with van der Waals surface area (Å²) in [6.07, 6.45) is 6.94. The first-order chi connectivity index (χ1) is 12.1. The second kappa shape index (κ2) is 4.41. The van der Waals surface area contributed by atoms with Crippen LogP contribution in [0.3, 0.4) is 0 Å². The Bertz CT molecular complexity index is 583. The lowest BCUT2D eigenvalue weighted by Crippen LogP contribution is -2.60. The molecule has 8 unspecified atom stereocenters. The molecule has 8 atom stereocenters. The quantitative estimate of drug-likeness (QED) is 0.717. The largest absolute Gasteiger partial charge is 0.467 e. The minimum absolute atomic E-state index is 0.151. The normalized spacial score (nSPS) is 59.1. The zero-order valence-electron chi connectivity index (χ0n) is 14.9. The van der Waals surface area contributed by atoms with Crippen molar-refractivity contribution >= 4 is 11.9 Å². The minimum Gasteiger partial charge on any atom is -0.467 e. The van der Waals surface area contributed by atoms with Crippen LogP contribution in [0.15, 0.2) is 0 Å². The zero-order chi connectivity index (χ0) is 17.1. The number of methoxy groups -OCH3 is 2. The highest BCUT2D eigenvalue weighted by atomic mass is 16.6. The second-order valence-electron chi connectivity index (χ2n) is 9.44. The number of esters is 2. The van der Waals surface area contributed by atoms with Crippen molar-refractivity contribution in [1.29, 1.82) is 0 Å². The fraction of sp³-hybridized carbons (Fsp3) is 0.900. The second-order valence-corrected chi connectivity index (χ2v) is 9.44. The molecule has 2 heterocycles. The van der Waals surface area contributed by atoms with E-state index in [-0.39, 0.29) is 35.6 Å². The minimum atomic E-state index is -0.891. The molecule has 6 aliphatic rings. The van der Waals surface area contributed by atoms with Crippen LogP contribution in [0.25, 0.3) is 0 Å². The Hall–Kier alpha value is -1.10. The first-order valence-electron chi connectivity index (χ1n) is 9.96. The summed E-state index contributed by atoms with van der Waals surface area (Å²) >= 11 is 0. The molecule has 5 nitrogen and oxygen atoms in total. The first kappa shape index (κ1) is 15.0. The standard InChI is InChI=1S/C20H26O5/c1-23-17(21)19-13-9-3-5-11(7-9)15(13)20(25-19,18(22)24-2)16-12-6-4-10(8-12)14(16)19/h9-16H,3-8H2,1-2H3. The van der Waals surface area contributed by atoms with Gasteiger partial charge in [-0.25, -0.2) is 9.59 Å². The SMILES string of the molecule is COC(=O)C12OC(C(=O)OC)(C3C4CCC(C4)C31)C1C3CCC(C3)C12. The molecule has 0 radical (unpaired) electrons. The molecule has 0 aromatic heterocycles. The molecule has 136 valence electrons. The van der Waals surface area contributed by atoms with E-state index in [0.29, 0.717) is 23.7 Å². The van der Waals surface area contributed by atoms with Gasteiger partial charge in [-0.05, 0) is 62.2 Å². The molecule has 5 heteroatoms. The summed E-state index contributed by atoms with van der Waals surface area (Å²) in [6.45, 7) is 0. The van der Waals surface area contributed by atoms with Crippen molar-refractivity contribution in [1.82, 2.24) is 0 Å². The molecule has 2 saturated heterocycles. The number of ether oxygens (including phenoxy) is 3. The average molecular weight is 346 g/mol. The van der Waals surface area contributed by atoms with Crippen LogP contribution in [0.5, 0.6) is 0 Å². The number of fused-ring (bicyclic) bond motifs is 16. The Kier molecular flexibility index (Phi) is 2.65. The summed E-state index contributed by atoms with van der Waals surface area (Å²) in [5, 5.41) is 0. The van der Waals surface area contributed by atoms with E-state index in [1.165, 1.54) is 14.2 Å². The molecule has 0 aromatic carbocycles. The van der Waals surface area contributed by atoms with E-state index >= 15 is 0 Å². The lowest BCUT2D eigenvalue weighted by molar-refractivity contribution is -0.187. The molecular weight excluding hydrogens is 320 g/mol. The van der Waals surface area contributed by atoms with Gasteiger partial charge in [-0.2, -0.15) is 0 Å². The van der Waals surface area contributed by atoms with Crippen LogP contribution in [0.1, 0.15) is 38.5 Å². The van der Waals surface area contributed by atoms with Crippen LogP contribution in [0.4, 0.5) is 0 Å². The van der Waals surface area contributed by atoms with Crippen molar-refractivity contribution in [3.63, 3.8) is 0 Å². The molecule has 6 rings (SSSR count). The molecule has 6 bridgehead atoms. The van der Waals surface area contributed by atoms with Crippen molar-refractivity contribution < 1.29 is 23.8 Å². The smallest absolute Gasteiger partial charge is 0.338 e. The third-order valence-electron chi connectivity index (χ3n) is 9.16. The summed E-state index contributed by atoms with van der Waals surface area (Å²) in [5.41, 5.74) is -1.78. The van der Waals surface area contributed by atoms with Crippen LogP contribution in [0, 0.1) is 47.3 Å². The summed E-state index contributed by atoms with van der Waals surface area (Å²) < 4.78 is 17.4. The van der Waals surface area contributed by atoms with E-state index < -0.39 is 11.2 Å². The number of rotatable bonds is 2. The Morgan fingerprint density at radius 2 is 1.04 bits per heavy atom. The predicted molar refractivity (Wildman–Crippen MR) is 86.2 cm³/mol. The van der Waals surface area contributed by atoms with Crippen molar-refractivity contribution in [2.45, 2.75) is 49.7 Å². The van der Waals surface area contributed by atoms with E-state index in [0.717, 1.165) is 38.5 Å². The highest BCUT2D eigenvalue weighted by Crippen LogP contribution is 2.79. The van der Waals surface area contributed by atoms with E-state index in [4.69, 9.17) is 14.2 Å². The molecule has 2 aliphatic heterocycles. The van der Waals surface area contributed by atoms with Gasteiger partial charge in [-0.3, -0.25) is 0 Å². The van der Waals surface area contributed by atoms with Gasteiger partial charge in [0, 0.05) is 23.7 Å². The zero-order valence-corrected chi connectivity index (χ0v) is 14.9. The van der Waals surface area contributed by atoms with Crippen LogP contribution in [0.2, 0.25) is 0 Å². The van der Waals surface area contributed by atoms with Crippen LogP contribution >= 0.6 is 0 Å². The van der Waals surface area contributed by atoms with Gasteiger partial charge in [0.15, 0.2) is 11.2 Å². The van der Waals surface area contributed by atoms with Gasteiger partial charge in [0.05, 0.1) is 14.2 Å². The monoisotopic (exact) mass is 346 g/mol. The number of carbonyl (C=O) groups excluding carboxylic acids is 2. The number of carbonyl (C=O) groups is 2. The maximum absolute atomic E-state index is 13.2. The molecule has 0 aromatic rings. The van der Waals surface area contributed by atoms with Crippen molar-refractivity contribution in [3.8, 4) is 0 Å². The molecular formula is C20H26O5. The van der Waals surface area contributed by atoms with Gasteiger partial charge in [-0.1, -0.05) is 0 Å². The van der Waals surface area contributed by atoms with E-state index in [1.54, 1.807) is 0 Å². The average Bonchev–Trinajstić information content (AvgIpc) is 3.44. The molecule has 4 saturated carbocycles. The van der Waals surface area contributed by atoms with Gasteiger partial charge in [-0.15, -0.1) is 0 Å². The lowest BCUT2D eigenvalue weighted by atomic mass is 9.50. The Balaban J connectivity index is 1.60. The van der Waals surface area contributed by atoms with E-state index in [2.05, 4.69) is 0 Å². The highest BCUT2D eigenvalue weighted by molar-refractivity contribution is 5.89. The molecule has 4 aliphatic carbocycles. The number of hydrogen-bond donors (Lipinski definition) is 0. The number of hydrogen-bond acceptors (Lipinski definition) is 5. The van der Waals surface area contributed by atoms with Gasteiger partial charge >= 0.3 is 11.9 Å². The maximum atomic E-state index is 13.2. The van der Waals surface area contributed by atoms with Gasteiger partial charge in [0.1, 0.15) is 0 Å². The Labute approximate surface area is 147 Å². The third-order valence-corrected chi connectivity index (χ3v) is 9.16. The highest BCUT2D eigenvalue weighted by Gasteiger charge is 2.88. The first-order valence-corrected chi connectivity index (χ1v) is 9.96. The third kappa shape index (κ3) is 1.32. The lowest BCUT2D eigenvalue weighted by Gasteiger charge is -2.49. The molecule has 25 heavy (non-hydrogen) atoms. The van der Waals surface area contributed by atoms with Crippen molar-refractivity contribution in [2.24, 2.45) is 47.3 Å². The summed E-state index contributed by atoms with van der Waals surface area (Å²) in [5.74, 6) is 2.16. The summed E-state index contributed by atoms with van der Waals surface area (Å²) in [4.78, 5) is 26.4. The Morgan fingerprint density at radius 1 is 0.720 bits per heavy atom. The van der Waals surface area contributed by atoms with E-state index in [1.807, 2.05) is 0 Å². The van der Waals surface area contributed by atoms with Gasteiger partial charge < -0.3 is 14.2 Å².